The van der Waals surface area contributed by atoms with E-state index in [4.69, 9.17) is 9.47 Å². The number of hydrogen-bond acceptors (Lipinski definition) is 4. The van der Waals surface area contributed by atoms with Gasteiger partial charge in [-0.2, -0.15) is 0 Å². The van der Waals surface area contributed by atoms with E-state index in [1.165, 1.54) is 18.5 Å². The van der Waals surface area contributed by atoms with Crippen molar-refractivity contribution in [2.24, 2.45) is 0 Å². The second-order valence-electron chi connectivity index (χ2n) is 7.64. The van der Waals surface area contributed by atoms with Crippen LogP contribution in [0.4, 0.5) is 10.5 Å². The lowest BCUT2D eigenvalue weighted by Crippen LogP contribution is -2.36. The van der Waals surface area contributed by atoms with Gasteiger partial charge in [-0.1, -0.05) is 0 Å². The maximum atomic E-state index is 12.1. The number of benzene rings is 1. The fourth-order valence-corrected chi connectivity index (χ4v) is 3.22. The van der Waals surface area contributed by atoms with Gasteiger partial charge >= 0.3 is 6.09 Å². The molecule has 1 unspecified atom stereocenters. The number of anilines is 1. The molecule has 0 aliphatic carbocycles. The molecule has 0 saturated carbocycles. The lowest BCUT2D eigenvalue weighted by molar-refractivity contribution is 0.0275. The lowest BCUT2D eigenvalue weighted by atomic mass is 10.2. The Morgan fingerprint density at radius 3 is 2.38 bits per heavy atom. The second-order valence-corrected chi connectivity index (χ2v) is 7.64. The average Bonchev–Trinajstić information content (AvgIpc) is 3.17. The highest BCUT2D eigenvalue weighted by Crippen LogP contribution is 2.25. The third-order valence-corrected chi connectivity index (χ3v) is 4.41. The Hall–Kier alpha value is -1.91. The van der Waals surface area contributed by atoms with Crippen molar-refractivity contribution in [2.75, 3.05) is 31.1 Å². The first kappa shape index (κ1) is 16.9. The van der Waals surface area contributed by atoms with Crippen LogP contribution >= 0.6 is 0 Å². The van der Waals surface area contributed by atoms with E-state index in [1.54, 1.807) is 4.90 Å². The molecule has 2 aliphatic rings. The molecule has 2 aliphatic heterocycles. The van der Waals surface area contributed by atoms with Crippen molar-refractivity contribution in [3.63, 3.8) is 0 Å². The topological polar surface area (TPSA) is 42.0 Å². The van der Waals surface area contributed by atoms with Gasteiger partial charge < -0.3 is 19.3 Å². The van der Waals surface area contributed by atoms with E-state index in [0.717, 1.165) is 25.3 Å². The van der Waals surface area contributed by atoms with Crippen LogP contribution in [-0.4, -0.2) is 48.9 Å². The third-order valence-electron chi connectivity index (χ3n) is 4.41. The minimum absolute atomic E-state index is 0.0372. The summed E-state index contributed by atoms with van der Waals surface area (Å²) in [5, 5.41) is 0. The van der Waals surface area contributed by atoms with Crippen LogP contribution in [0, 0.1) is 0 Å². The van der Waals surface area contributed by atoms with E-state index >= 15 is 0 Å². The number of hydrogen-bond donors (Lipinski definition) is 0. The Labute approximate surface area is 144 Å². The Morgan fingerprint density at radius 1 is 1.08 bits per heavy atom. The van der Waals surface area contributed by atoms with Crippen LogP contribution in [0.3, 0.4) is 0 Å². The van der Waals surface area contributed by atoms with Gasteiger partial charge in [-0.3, -0.25) is 0 Å². The van der Waals surface area contributed by atoms with Crippen LogP contribution in [0.1, 0.15) is 40.0 Å². The van der Waals surface area contributed by atoms with Gasteiger partial charge in [-0.05, 0) is 57.9 Å². The molecule has 1 amide bonds. The summed E-state index contributed by atoms with van der Waals surface area (Å²) in [6, 6.07) is 8.32. The molecule has 3 rings (SSSR count). The molecule has 0 radical (unpaired) electrons. The first-order chi connectivity index (χ1) is 11.4. The van der Waals surface area contributed by atoms with Crippen LogP contribution in [0.15, 0.2) is 24.3 Å². The van der Waals surface area contributed by atoms with Gasteiger partial charge in [0.2, 0.25) is 0 Å². The van der Waals surface area contributed by atoms with Gasteiger partial charge in [0.05, 0.1) is 6.54 Å². The first-order valence-electron chi connectivity index (χ1n) is 8.90. The smallest absolute Gasteiger partial charge is 0.410 e. The molecule has 2 fully saturated rings. The van der Waals surface area contributed by atoms with Crippen molar-refractivity contribution in [3.8, 4) is 5.75 Å². The summed E-state index contributed by atoms with van der Waals surface area (Å²) >= 11 is 0. The summed E-state index contributed by atoms with van der Waals surface area (Å²) in [7, 11) is 0. The largest absolute Gasteiger partial charge is 0.489 e. The van der Waals surface area contributed by atoms with E-state index in [1.807, 2.05) is 32.9 Å². The van der Waals surface area contributed by atoms with Crippen molar-refractivity contribution >= 4 is 11.8 Å². The number of ether oxygens (including phenoxy) is 2. The zero-order chi connectivity index (χ0) is 17.2. The van der Waals surface area contributed by atoms with Crippen molar-refractivity contribution < 1.29 is 14.3 Å². The fourth-order valence-electron chi connectivity index (χ4n) is 3.22. The highest BCUT2D eigenvalue weighted by atomic mass is 16.6. The summed E-state index contributed by atoms with van der Waals surface area (Å²) in [5.74, 6) is 0.869. The van der Waals surface area contributed by atoms with Crippen LogP contribution in [0.5, 0.6) is 5.75 Å². The standard InChI is InChI=1S/C19H28N2O3/c1-19(2,3)24-18(22)21-13-10-17(14-21)23-16-8-6-15(7-9-16)20-11-4-5-12-20/h6-9,17H,4-5,10-14H2,1-3H3. The summed E-state index contributed by atoms with van der Waals surface area (Å²) < 4.78 is 11.5. The Morgan fingerprint density at radius 2 is 1.75 bits per heavy atom. The molecule has 5 heteroatoms. The lowest BCUT2D eigenvalue weighted by Gasteiger charge is -2.24. The van der Waals surface area contributed by atoms with Gasteiger partial charge in [0.1, 0.15) is 17.5 Å². The minimum Gasteiger partial charge on any atom is -0.489 e. The maximum Gasteiger partial charge on any atom is 0.410 e. The molecule has 5 nitrogen and oxygen atoms in total. The van der Waals surface area contributed by atoms with E-state index in [-0.39, 0.29) is 12.2 Å². The predicted octanol–water partition coefficient (Wildman–Crippen LogP) is 3.68. The number of rotatable bonds is 3. The van der Waals surface area contributed by atoms with Crippen LogP contribution in [0.2, 0.25) is 0 Å². The molecule has 0 bridgehead atoms. The van der Waals surface area contributed by atoms with E-state index in [9.17, 15) is 4.79 Å². The van der Waals surface area contributed by atoms with Gasteiger partial charge in [0.25, 0.3) is 0 Å². The zero-order valence-electron chi connectivity index (χ0n) is 15.0. The molecule has 24 heavy (non-hydrogen) atoms. The molecule has 132 valence electrons. The van der Waals surface area contributed by atoms with Gasteiger partial charge in [0.15, 0.2) is 0 Å². The van der Waals surface area contributed by atoms with Crippen LogP contribution in [0.25, 0.3) is 0 Å². The Balaban J connectivity index is 1.51. The SMILES string of the molecule is CC(C)(C)OC(=O)N1CCC(Oc2ccc(N3CCCC3)cc2)C1. The first-order valence-corrected chi connectivity index (χ1v) is 8.90. The van der Waals surface area contributed by atoms with E-state index in [2.05, 4.69) is 17.0 Å². The van der Waals surface area contributed by atoms with Gasteiger partial charge in [0, 0.05) is 31.7 Å². The molecule has 0 aromatic heterocycles. The molecular formula is C19H28N2O3. The Kier molecular flexibility index (Phi) is 4.88. The van der Waals surface area contributed by atoms with Gasteiger partial charge in [-0.25, -0.2) is 4.79 Å². The van der Waals surface area contributed by atoms with E-state index < -0.39 is 5.60 Å². The molecule has 2 heterocycles. The minimum atomic E-state index is -0.457. The maximum absolute atomic E-state index is 12.1. The van der Waals surface area contributed by atoms with Crippen LogP contribution in [-0.2, 0) is 4.74 Å². The highest BCUT2D eigenvalue weighted by molar-refractivity contribution is 5.68. The zero-order valence-corrected chi connectivity index (χ0v) is 15.0. The molecule has 1 aromatic carbocycles. The highest BCUT2D eigenvalue weighted by Gasteiger charge is 2.30. The molecule has 0 N–H and O–H groups in total. The molecule has 2 saturated heterocycles. The number of carbonyl (C=O) groups is 1. The summed E-state index contributed by atoms with van der Waals surface area (Å²) in [6.07, 6.45) is 3.18. The number of nitrogens with zero attached hydrogens (tertiary/aromatic N) is 2. The number of likely N-dealkylation sites (tertiary alicyclic amines) is 1. The predicted molar refractivity (Wildman–Crippen MR) is 94.7 cm³/mol. The van der Waals surface area contributed by atoms with Crippen molar-refractivity contribution in [1.29, 1.82) is 0 Å². The molecule has 1 atom stereocenters. The van der Waals surface area contributed by atoms with Crippen LogP contribution < -0.4 is 9.64 Å². The monoisotopic (exact) mass is 332 g/mol. The van der Waals surface area contributed by atoms with Gasteiger partial charge in [-0.15, -0.1) is 0 Å². The fraction of sp³-hybridized carbons (Fsp3) is 0.632. The summed E-state index contributed by atoms with van der Waals surface area (Å²) in [6.45, 7) is 9.22. The van der Waals surface area contributed by atoms with Crippen molar-refractivity contribution in [3.05, 3.63) is 24.3 Å². The normalized spacial score (nSPS) is 21.2. The second kappa shape index (κ2) is 6.91. The van der Waals surface area contributed by atoms with Crippen molar-refractivity contribution in [2.45, 2.75) is 51.7 Å². The molecule has 1 aromatic rings. The summed E-state index contributed by atoms with van der Waals surface area (Å²) in [5.41, 5.74) is 0.809. The molecule has 0 spiro atoms. The Bertz CT molecular complexity index is 559. The van der Waals surface area contributed by atoms with Crippen molar-refractivity contribution in [1.82, 2.24) is 4.90 Å². The quantitative estimate of drug-likeness (QED) is 0.847. The number of amides is 1. The summed E-state index contributed by atoms with van der Waals surface area (Å²) in [4.78, 5) is 16.2. The molecular weight excluding hydrogens is 304 g/mol. The third kappa shape index (κ3) is 4.34. The van der Waals surface area contributed by atoms with E-state index in [0.29, 0.717) is 13.1 Å². The average molecular weight is 332 g/mol. The number of carbonyl (C=O) groups excluding carboxylic acids is 1.